The third-order valence-corrected chi connectivity index (χ3v) is 3.15. The van der Waals surface area contributed by atoms with Crippen molar-refractivity contribution in [3.8, 4) is 0 Å². The molecule has 0 saturated carbocycles. The molecule has 13 heavy (non-hydrogen) atoms. The van der Waals surface area contributed by atoms with Crippen molar-refractivity contribution in [3.05, 3.63) is 41.1 Å². The summed E-state index contributed by atoms with van der Waals surface area (Å²) in [4.78, 5) is 6.62. The largest absolute Gasteiger partial charge is 0.314 e. The Balaban J connectivity index is 2.17. The number of aliphatic imine (C=N–C) groups is 1. The third-order valence-electron chi connectivity index (χ3n) is 2.20. The zero-order chi connectivity index (χ0) is 8.67. The van der Waals surface area contributed by atoms with E-state index in [1.165, 1.54) is 10.6 Å². The Bertz CT molecular complexity index is 426. The molecular formula is C10H8N2S. The van der Waals surface area contributed by atoms with Crippen molar-refractivity contribution < 1.29 is 0 Å². The number of fused-ring (bicyclic) bond motifs is 3. The molecule has 3 heterocycles. The van der Waals surface area contributed by atoms with Crippen LogP contribution in [0.25, 0.3) is 0 Å². The predicted molar refractivity (Wildman–Crippen MR) is 56.5 cm³/mol. The number of allylic oxidation sites excluding steroid dienone is 2. The van der Waals surface area contributed by atoms with Crippen LogP contribution in [0.5, 0.6) is 0 Å². The van der Waals surface area contributed by atoms with Crippen molar-refractivity contribution in [2.45, 2.75) is 0 Å². The van der Waals surface area contributed by atoms with Gasteiger partial charge in [-0.15, -0.1) is 11.3 Å². The molecule has 0 aliphatic carbocycles. The number of thiophene rings is 1. The zero-order valence-corrected chi connectivity index (χ0v) is 7.79. The van der Waals surface area contributed by atoms with Gasteiger partial charge in [-0.3, -0.25) is 0 Å². The molecule has 1 aromatic rings. The Morgan fingerprint density at radius 3 is 3.46 bits per heavy atom. The molecule has 2 aliphatic heterocycles. The lowest BCUT2D eigenvalue weighted by molar-refractivity contribution is 0.977. The molecule has 0 bridgehead atoms. The second kappa shape index (κ2) is 2.57. The van der Waals surface area contributed by atoms with Crippen LogP contribution in [0.2, 0.25) is 0 Å². The first-order valence-corrected chi connectivity index (χ1v) is 5.09. The molecular weight excluding hydrogens is 180 g/mol. The summed E-state index contributed by atoms with van der Waals surface area (Å²) in [5.41, 5.74) is 1.23. The highest BCUT2D eigenvalue weighted by atomic mass is 32.1. The van der Waals surface area contributed by atoms with Crippen molar-refractivity contribution in [3.63, 3.8) is 0 Å². The Hall–Kier alpha value is -1.35. The van der Waals surface area contributed by atoms with Crippen LogP contribution in [0.4, 0.5) is 5.00 Å². The topological polar surface area (TPSA) is 15.6 Å². The van der Waals surface area contributed by atoms with Crippen molar-refractivity contribution in [2.24, 2.45) is 4.99 Å². The number of anilines is 1. The minimum atomic E-state index is 0.941. The SMILES string of the molecule is C1=CCN2C(=C1)N=Cc1ccsc12. The lowest BCUT2D eigenvalue weighted by Crippen LogP contribution is -2.25. The lowest BCUT2D eigenvalue weighted by atomic mass is 10.2. The fraction of sp³-hybridized carbons (Fsp3) is 0.100. The van der Waals surface area contributed by atoms with Crippen molar-refractivity contribution in [1.82, 2.24) is 0 Å². The van der Waals surface area contributed by atoms with Gasteiger partial charge in [0.15, 0.2) is 0 Å². The Morgan fingerprint density at radius 2 is 2.46 bits per heavy atom. The fourth-order valence-corrected chi connectivity index (χ4v) is 2.46. The normalized spacial score (nSPS) is 18.2. The molecule has 0 amide bonds. The van der Waals surface area contributed by atoms with Crippen molar-refractivity contribution >= 4 is 22.6 Å². The first-order valence-electron chi connectivity index (χ1n) is 4.21. The van der Waals surface area contributed by atoms with E-state index in [-0.39, 0.29) is 0 Å². The summed E-state index contributed by atoms with van der Waals surface area (Å²) in [5, 5.41) is 3.42. The monoisotopic (exact) mass is 188 g/mol. The van der Waals surface area contributed by atoms with Gasteiger partial charge in [0, 0.05) is 18.3 Å². The van der Waals surface area contributed by atoms with Gasteiger partial charge in [0.2, 0.25) is 0 Å². The highest BCUT2D eigenvalue weighted by Crippen LogP contribution is 2.33. The molecule has 2 aliphatic rings. The van der Waals surface area contributed by atoms with Gasteiger partial charge in [0.25, 0.3) is 0 Å². The van der Waals surface area contributed by atoms with Crippen molar-refractivity contribution in [2.75, 3.05) is 11.4 Å². The minimum Gasteiger partial charge on any atom is -0.314 e. The van der Waals surface area contributed by atoms with Crippen LogP contribution < -0.4 is 4.90 Å². The fourth-order valence-electron chi connectivity index (χ4n) is 1.57. The quantitative estimate of drug-likeness (QED) is 0.610. The van der Waals surface area contributed by atoms with Gasteiger partial charge in [-0.1, -0.05) is 12.2 Å². The molecule has 0 radical (unpaired) electrons. The van der Waals surface area contributed by atoms with E-state index in [1.54, 1.807) is 11.3 Å². The molecule has 0 saturated heterocycles. The second-order valence-corrected chi connectivity index (χ2v) is 3.90. The number of rotatable bonds is 0. The molecule has 3 heteroatoms. The summed E-state index contributed by atoms with van der Waals surface area (Å²) >= 11 is 1.77. The van der Waals surface area contributed by atoms with E-state index in [4.69, 9.17) is 0 Å². The number of hydrogen-bond donors (Lipinski definition) is 0. The Morgan fingerprint density at radius 1 is 1.46 bits per heavy atom. The van der Waals surface area contributed by atoms with Gasteiger partial charge in [0.1, 0.15) is 10.8 Å². The molecule has 3 rings (SSSR count). The standard InChI is InChI=1S/C10H8N2S/c1-2-5-12-9(3-1)11-7-8-4-6-13-10(8)12/h1-4,6-7H,5H2. The van der Waals surface area contributed by atoms with Crippen LogP contribution in [-0.4, -0.2) is 12.8 Å². The van der Waals surface area contributed by atoms with E-state index < -0.39 is 0 Å². The van der Waals surface area contributed by atoms with E-state index in [9.17, 15) is 0 Å². The highest BCUT2D eigenvalue weighted by molar-refractivity contribution is 7.14. The molecule has 0 spiro atoms. The minimum absolute atomic E-state index is 0.941. The van der Waals surface area contributed by atoms with Crippen LogP contribution in [0, 0.1) is 0 Å². The van der Waals surface area contributed by atoms with Gasteiger partial charge in [-0.2, -0.15) is 0 Å². The zero-order valence-electron chi connectivity index (χ0n) is 6.97. The maximum atomic E-state index is 4.38. The predicted octanol–water partition coefficient (Wildman–Crippen LogP) is 2.40. The van der Waals surface area contributed by atoms with Crippen LogP contribution in [0.1, 0.15) is 5.56 Å². The number of hydrogen-bond acceptors (Lipinski definition) is 3. The van der Waals surface area contributed by atoms with Crippen LogP contribution in [-0.2, 0) is 0 Å². The second-order valence-electron chi connectivity index (χ2n) is 3.00. The first kappa shape index (κ1) is 7.09. The lowest BCUT2D eigenvalue weighted by Gasteiger charge is -2.27. The maximum absolute atomic E-state index is 4.38. The van der Waals surface area contributed by atoms with Gasteiger partial charge >= 0.3 is 0 Å². The van der Waals surface area contributed by atoms with E-state index in [1.807, 2.05) is 12.3 Å². The molecule has 2 nitrogen and oxygen atoms in total. The molecule has 0 fully saturated rings. The average molecular weight is 188 g/mol. The van der Waals surface area contributed by atoms with Gasteiger partial charge in [0.05, 0.1) is 0 Å². The highest BCUT2D eigenvalue weighted by Gasteiger charge is 2.19. The average Bonchev–Trinajstić information content (AvgIpc) is 2.65. The summed E-state index contributed by atoms with van der Waals surface area (Å²) < 4.78 is 0. The molecule has 0 unspecified atom stereocenters. The maximum Gasteiger partial charge on any atom is 0.133 e. The molecule has 1 aromatic heterocycles. The molecule has 0 atom stereocenters. The van der Waals surface area contributed by atoms with Crippen molar-refractivity contribution in [1.29, 1.82) is 0 Å². The van der Waals surface area contributed by atoms with Crippen LogP contribution in [0.15, 0.2) is 40.5 Å². The summed E-state index contributed by atoms with van der Waals surface area (Å²) in [7, 11) is 0. The molecule has 64 valence electrons. The van der Waals surface area contributed by atoms with Gasteiger partial charge in [-0.05, 0) is 17.5 Å². The molecule has 0 aromatic carbocycles. The van der Waals surface area contributed by atoms with Crippen LogP contribution >= 0.6 is 11.3 Å². The summed E-state index contributed by atoms with van der Waals surface area (Å²) in [6.45, 7) is 0.941. The van der Waals surface area contributed by atoms with Gasteiger partial charge in [-0.25, -0.2) is 4.99 Å². The van der Waals surface area contributed by atoms with Gasteiger partial charge < -0.3 is 4.90 Å². The summed E-state index contributed by atoms with van der Waals surface area (Å²) in [6, 6.07) is 2.11. The van der Waals surface area contributed by atoms with E-state index in [0.717, 1.165) is 12.4 Å². The smallest absolute Gasteiger partial charge is 0.133 e. The first-order chi connectivity index (χ1) is 6.45. The van der Waals surface area contributed by atoms with E-state index >= 15 is 0 Å². The number of nitrogens with zero attached hydrogens (tertiary/aromatic N) is 2. The molecule has 0 N–H and O–H groups in total. The summed E-state index contributed by atoms with van der Waals surface area (Å²) in [5.74, 6) is 1.05. The van der Waals surface area contributed by atoms with Crippen LogP contribution in [0.3, 0.4) is 0 Å². The van der Waals surface area contributed by atoms with E-state index in [0.29, 0.717) is 0 Å². The Labute approximate surface area is 80.5 Å². The third kappa shape index (κ3) is 0.971. The summed E-state index contributed by atoms with van der Waals surface area (Å²) in [6.07, 6.45) is 8.19. The van der Waals surface area contributed by atoms with E-state index in [2.05, 4.69) is 33.5 Å². The Kier molecular flexibility index (Phi) is 1.40.